The van der Waals surface area contributed by atoms with Crippen LogP contribution in [-0.2, 0) is 0 Å². The summed E-state index contributed by atoms with van der Waals surface area (Å²) in [6.45, 7) is 9.62. The van der Waals surface area contributed by atoms with Crippen molar-refractivity contribution >= 4 is 29.2 Å². The maximum atomic E-state index is 13.4. The molecule has 1 saturated carbocycles. The lowest BCUT2D eigenvalue weighted by atomic mass is 9.49. The molecule has 8 heteroatoms. The number of halogens is 1. The van der Waals surface area contributed by atoms with Gasteiger partial charge in [-0.2, -0.15) is 0 Å². The summed E-state index contributed by atoms with van der Waals surface area (Å²) >= 11 is 6.02. The fraction of sp³-hybridized carbons (Fsp3) is 0.500. The van der Waals surface area contributed by atoms with E-state index in [1.54, 1.807) is 24.3 Å². The van der Waals surface area contributed by atoms with Gasteiger partial charge in [0.1, 0.15) is 0 Å². The van der Waals surface area contributed by atoms with Gasteiger partial charge in [-0.05, 0) is 66.5 Å². The van der Waals surface area contributed by atoms with E-state index in [2.05, 4.69) is 30.1 Å². The Morgan fingerprint density at radius 3 is 2.53 bits per heavy atom. The summed E-state index contributed by atoms with van der Waals surface area (Å²) < 4.78 is 5.27. The normalized spacial score (nSPS) is 23.0. The minimum Gasteiger partial charge on any atom is -0.459 e. The van der Waals surface area contributed by atoms with E-state index in [1.807, 2.05) is 21.9 Å². The van der Waals surface area contributed by atoms with Gasteiger partial charge in [0.2, 0.25) is 0 Å². The molecule has 1 aromatic carbocycles. The molecule has 2 aromatic rings. The minimum atomic E-state index is -0.0934. The van der Waals surface area contributed by atoms with Crippen LogP contribution in [0, 0.1) is 17.3 Å². The number of urea groups is 1. The molecule has 4 aliphatic rings. The number of allylic oxidation sites excluding steroid dienone is 1. The highest BCUT2D eigenvalue weighted by Crippen LogP contribution is 2.59. The lowest BCUT2D eigenvalue weighted by Crippen LogP contribution is -2.52. The first-order valence-electron chi connectivity index (χ1n) is 12.9. The van der Waals surface area contributed by atoms with Gasteiger partial charge < -0.3 is 19.5 Å². The van der Waals surface area contributed by atoms with Crippen molar-refractivity contribution in [3.8, 4) is 0 Å². The van der Waals surface area contributed by atoms with E-state index in [0.29, 0.717) is 48.3 Å². The van der Waals surface area contributed by atoms with Crippen LogP contribution in [0.5, 0.6) is 0 Å². The Morgan fingerprint density at radius 1 is 1.14 bits per heavy atom. The molecule has 1 aliphatic heterocycles. The molecule has 1 N–H and O–H groups in total. The summed E-state index contributed by atoms with van der Waals surface area (Å²) in [7, 11) is 0. The number of rotatable bonds is 7. The smallest absolute Gasteiger partial charge is 0.322 e. The third-order valence-electron chi connectivity index (χ3n) is 8.42. The third kappa shape index (κ3) is 5.18. The highest BCUT2D eigenvalue weighted by molar-refractivity contribution is 6.30. The van der Waals surface area contributed by atoms with E-state index in [9.17, 15) is 9.59 Å². The molecule has 2 atom stereocenters. The molecule has 3 aliphatic carbocycles. The van der Waals surface area contributed by atoms with Gasteiger partial charge in [0.05, 0.1) is 6.26 Å². The second-order valence-corrected chi connectivity index (χ2v) is 11.2. The fourth-order valence-electron chi connectivity index (χ4n) is 5.86. The topological polar surface area (TPSA) is 69.0 Å². The quantitative estimate of drug-likeness (QED) is 0.519. The van der Waals surface area contributed by atoms with Gasteiger partial charge in [-0.3, -0.25) is 9.69 Å². The largest absolute Gasteiger partial charge is 0.459 e. The first kappa shape index (κ1) is 24.9. The Bertz CT molecular complexity index is 1100. The molecule has 2 bridgehead atoms. The van der Waals surface area contributed by atoms with Crippen LogP contribution in [0.4, 0.5) is 10.5 Å². The summed E-state index contributed by atoms with van der Waals surface area (Å²) in [6, 6.07) is 10.6. The summed E-state index contributed by atoms with van der Waals surface area (Å²) in [6.07, 6.45) is 6.24. The van der Waals surface area contributed by atoms with Gasteiger partial charge in [0.25, 0.3) is 5.91 Å². The number of amides is 3. The lowest BCUT2D eigenvalue weighted by Gasteiger charge is -2.57. The zero-order valence-corrected chi connectivity index (χ0v) is 21.8. The highest BCUT2D eigenvalue weighted by atomic mass is 35.5. The first-order valence-corrected chi connectivity index (χ1v) is 13.2. The van der Waals surface area contributed by atoms with Crippen LogP contribution in [-0.4, -0.2) is 72.5 Å². The number of fused-ring (bicyclic) bond motifs is 1. The van der Waals surface area contributed by atoms with Crippen LogP contribution in [0.1, 0.15) is 37.2 Å². The number of furan rings is 1. The molecule has 2 heterocycles. The van der Waals surface area contributed by atoms with E-state index in [0.717, 1.165) is 37.7 Å². The second kappa shape index (κ2) is 10.3. The first-order chi connectivity index (χ1) is 17.3. The Morgan fingerprint density at radius 2 is 1.89 bits per heavy atom. The van der Waals surface area contributed by atoms with Gasteiger partial charge >= 0.3 is 6.03 Å². The van der Waals surface area contributed by atoms with E-state index < -0.39 is 0 Å². The number of nitrogens with one attached hydrogen (secondary N) is 1. The predicted octanol–water partition coefficient (Wildman–Crippen LogP) is 5.22. The van der Waals surface area contributed by atoms with E-state index in [4.69, 9.17) is 16.0 Å². The molecule has 3 amide bonds. The van der Waals surface area contributed by atoms with E-state index >= 15 is 0 Å². The molecule has 2 unspecified atom stereocenters. The van der Waals surface area contributed by atoms with Crippen molar-refractivity contribution < 1.29 is 14.0 Å². The third-order valence-corrected chi connectivity index (χ3v) is 8.67. The number of carbonyl (C=O) groups is 2. The SMILES string of the molecule is CC1(C)C2CC=C(CN(CCN3CCN(C(=O)c4ccco4)CC3)C(=O)Nc3ccc(Cl)cc3)C1C2. The number of anilines is 1. The summed E-state index contributed by atoms with van der Waals surface area (Å²) in [5.41, 5.74) is 2.45. The lowest BCUT2D eigenvalue weighted by molar-refractivity contribution is -0.00971. The van der Waals surface area contributed by atoms with Crippen LogP contribution >= 0.6 is 11.6 Å². The molecule has 36 heavy (non-hydrogen) atoms. The number of hydrogen-bond acceptors (Lipinski definition) is 4. The van der Waals surface area contributed by atoms with Crippen molar-refractivity contribution in [1.82, 2.24) is 14.7 Å². The molecule has 2 fully saturated rings. The maximum Gasteiger partial charge on any atom is 0.322 e. The Balaban J connectivity index is 1.20. The van der Waals surface area contributed by atoms with Crippen LogP contribution in [0.3, 0.4) is 0 Å². The van der Waals surface area contributed by atoms with Gasteiger partial charge in [0, 0.05) is 56.5 Å². The summed E-state index contributed by atoms with van der Waals surface area (Å²) in [5.74, 6) is 1.64. The van der Waals surface area contributed by atoms with Gasteiger partial charge in [-0.1, -0.05) is 37.1 Å². The van der Waals surface area contributed by atoms with Crippen LogP contribution in [0.15, 0.2) is 58.7 Å². The standard InChI is InChI=1S/C28H35ClN4O3/c1-28(2)21-6-5-20(24(28)18-21)19-33(27(35)30-23-9-7-22(29)8-10-23)16-13-31-11-14-32(15-12-31)26(34)25-4-3-17-36-25/h3-5,7-10,17,21,24H,6,11-16,18-19H2,1-2H3,(H,30,35). The molecule has 6 rings (SSSR count). The van der Waals surface area contributed by atoms with Gasteiger partial charge in [-0.15, -0.1) is 0 Å². The Hall–Kier alpha value is -2.77. The molecule has 0 spiro atoms. The molecule has 1 saturated heterocycles. The molecular formula is C28H35ClN4O3. The fourth-order valence-corrected chi connectivity index (χ4v) is 5.98. The monoisotopic (exact) mass is 510 g/mol. The Kier molecular flexibility index (Phi) is 7.13. The number of benzene rings is 1. The Labute approximate surface area is 218 Å². The van der Waals surface area contributed by atoms with Crippen molar-refractivity contribution in [2.45, 2.75) is 26.7 Å². The molecule has 7 nitrogen and oxygen atoms in total. The number of nitrogens with zero attached hydrogens (tertiary/aromatic N) is 3. The average molecular weight is 511 g/mol. The number of piperazine rings is 1. The van der Waals surface area contributed by atoms with Crippen molar-refractivity contribution in [3.63, 3.8) is 0 Å². The predicted molar refractivity (Wildman–Crippen MR) is 141 cm³/mol. The zero-order chi connectivity index (χ0) is 25.3. The summed E-state index contributed by atoms with van der Waals surface area (Å²) in [4.78, 5) is 32.0. The zero-order valence-electron chi connectivity index (χ0n) is 21.1. The summed E-state index contributed by atoms with van der Waals surface area (Å²) in [5, 5.41) is 3.69. The van der Waals surface area contributed by atoms with Crippen LogP contribution in [0.25, 0.3) is 0 Å². The van der Waals surface area contributed by atoms with E-state index in [-0.39, 0.29) is 11.9 Å². The minimum absolute atomic E-state index is 0.0609. The molecule has 0 radical (unpaired) electrons. The number of hydrogen-bond donors (Lipinski definition) is 1. The van der Waals surface area contributed by atoms with Crippen LogP contribution < -0.4 is 5.32 Å². The van der Waals surface area contributed by atoms with Crippen molar-refractivity contribution in [2.24, 2.45) is 17.3 Å². The number of carbonyl (C=O) groups excluding carboxylic acids is 2. The second-order valence-electron chi connectivity index (χ2n) is 10.8. The average Bonchev–Trinajstić information content (AvgIpc) is 3.43. The van der Waals surface area contributed by atoms with Crippen molar-refractivity contribution in [1.29, 1.82) is 0 Å². The van der Waals surface area contributed by atoms with Crippen molar-refractivity contribution in [3.05, 3.63) is 65.1 Å². The van der Waals surface area contributed by atoms with Crippen molar-refractivity contribution in [2.75, 3.05) is 51.1 Å². The van der Waals surface area contributed by atoms with Gasteiger partial charge in [0.15, 0.2) is 5.76 Å². The van der Waals surface area contributed by atoms with Crippen LogP contribution in [0.2, 0.25) is 5.02 Å². The van der Waals surface area contributed by atoms with E-state index in [1.165, 1.54) is 18.3 Å². The molecule has 192 valence electrons. The maximum absolute atomic E-state index is 13.4. The van der Waals surface area contributed by atoms with Gasteiger partial charge in [-0.25, -0.2) is 4.79 Å². The molecular weight excluding hydrogens is 476 g/mol. The highest BCUT2D eigenvalue weighted by Gasteiger charge is 2.51. The molecule has 1 aromatic heterocycles.